The fraction of sp³-hybridized carbons (Fsp3) is 0.344. The van der Waals surface area contributed by atoms with E-state index in [0.717, 1.165) is 66.2 Å². The summed E-state index contributed by atoms with van der Waals surface area (Å²) in [7, 11) is 0. The van der Waals surface area contributed by atoms with Gasteiger partial charge in [0.05, 0.1) is 28.9 Å². The van der Waals surface area contributed by atoms with Crippen LogP contribution < -0.4 is 5.32 Å². The molecule has 5 rings (SSSR count). The topological polar surface area (TPSA) is 68.3 Å². The number of para-hydroxylation sites is 1. The molecule has 38 heavy (non-hydrogen) atoms. The van der Waals surface area contributed by atoms with Crippen LogP contribution in [-0.2, 0) is 24.0 Å². The summed E-state index contributed by atoms with van der Waals surface area (Å²) < 4.78 is 5.41. The van der Waals surface area contributed by atoms with E-state index in [9.17, 15) is 9.59 Å². The van der Waals surface area contributed by atoms with Crippen molar-refractivity contribution in [2.75, 3.05) is 11.9 Å². The van der Waals surface area contributed by atoms with E-state index in [1.807, 2.05) is 37.3 Å². The summed E-state index contributed by atoms with van der Waals surface area (Å²) in [5.41, 5.74) is 5.87. The van der Waals surface area contributed by atoms with Crippen LogP contribution in [0.3, 0.4) is 0 Å². The number of anilines is 1. The predicted octanol–water partition coefficient (Wildman–Crippen LogP) is 7.86. The maximum absolute atomic E-state index is 13.8. The van der Waals surface area contributed by atoms with Crippen LogP contribution in [0.4, 0.5) is 5.00 Å². The number of ether oxygens (including phenoxy) is 1. The van der Waals surface area contributed by atoms with Gasteiger partial charge in [0.25, 0.3) is 5.91 Å². The number of nitrogens with one attached hydrogen (secondary N) is 1. The molecule has 0 radical (unpaired) electrons. The molecular weight excluding hydrogens is 492 g/mol. The third-order valence-corrected chi connectivity index (χ3v) is 8.57. The van der Waals surface area contributed by atoms with Gasteiger partial charge in [-0.2, -0.15) is 0 Å². The van der Waals surface area contributed by atoms with E-state index in [1.165, 1.54) is 21.8 Å². The van der Waals surface area contributed by atoms with E-state index in [-0.39, 0.29) is 11.9 Å². The van der Waals surface area contributed by atoms with Crippen LogP contribution in [0.15, 0.2) is 54.6 Å². The molecule has 6 heteroatoms. The standard InChI is InChI=1S/C32H34N2O3S/c1-4-9-21-12-15-22(16-13-21)27-19-25(23-10-7-8-11-26(23)33-27)30(35)34-31-29(32(36)37-6-3)24-17-14-20(5-2)18-28(24)38-31/h7-8,10-13,15-16,19-20H,4-6,9,14,17-18H2,1-3H3,(H,34,35)/t20-/m1/s1. The molecule has 1 aliphatic rings. The van der Waals surface area contributed by atoms with E-state index in [0.29, 0.717) is 28.7 Å². The molecule has 1 amide bonds. The zero-order valence-electron chi connectivity index (χ0n) is 22.3. The number of hydrogen-bond acceptors (Lipinski definition) is 5. The number of rotatable bonds is 8. The molecule has 0 bridgehead atoms. The summed E-state index contributed by atoms with van der Waals surface area (Å²) in [6.45, 7) is 6.48. The molecular formula is C32H34N2O3S. The first kappa shape index (κ1) is 26.1. The highest BCUT2D eigenvalue weighted by atomic mass is 32.1. The summed E-state index contributed by atoms with van der Waals surface area (Å²) in [5, 5.41) is 4.47. The monoisotopic (exact) mass is 526 g/mol. The Balaban J connectivity index is 1.54. The zero-order valence-corrected chi connectivity index (χ0v) is 23.1. The number of fused-ring (bicyclic) bond motifs is 2. The summed E-state index contributed by atoms with van der Waals surface area (Å²) in [5.74, 6) is 0.00138. The lowest BCUT2D eigenvalue weighted by Crippen LogP contribution is -2.17. The van der Waals surface area contributed by atoms with E-state index in [2.05, 4.69) is 43.4 Å². The Morgan fingerprint density at radius 3 is 2.61 bits per heavy atom. The van der Waals surface area contributed by atoms with Gasteiger partial charge in [-0.05, 0) is 61.8 Å². The molecule has 4 aromatic rings. The molecule has 0 unspecified atom stereocenters. The third kappa shape index (κ3) is 5.23. The van der Waals surface area contributed by atoms with Crippen molar-refractivity contribution in [3.8, 4) is 11.3 Å². The fourth-order valence-corrected chi connectivity index (χ4v) is 6.67. The number of nitrogens with zero attached hydrogens (tertiary/aromatic N) is 1. The van der Waals surface area contributed by atoms with Gasteiger partial charge in [-0.1, -0.05) is 69.2 Å². The highest BCUT2D eigenvalue weighted by molar-refractivity contribution is 7.17. The van der Waals surface area contributed by atoms with Crippen molar-refractivity contribution >= 4 is 39.1 Å². The number of amides is 1. The van der Waals surface area contributed by atoms with Crippen molar-refractivity contribution in [2.45, 2.75) is 59.3 Å². The Morgan fingerprint density at radius 2 is 1.87 bits per heavy atom. The summed E-state index contributed by atoms with van der Waals surface area (Å²) in [6.07, 6.45) is 6.07. The van der Waals surface area contributed by atoms with Gasteiger partial charge in [0.15, 0.2) is 0 Å². The first-order valence-electron chi connectivity index (χ1n) is 13.6. The molecule has 1 N–H and O–H groups in total. The van der Waals surface area contributed by atoms with Crippen LogP contribution >= 0.6 is 11.3 Å². The first-order valence-corrected chi connectivity index (χ1v) is 14.5. The predicted molar refractivity (Wildman–Crippen MR) is 155 cm³/mol. The second-order valence-corrected chi connectivity index (χ2v) is 11.0. The minimum Gasteiger partial charge on any atom is -0.462 e. The minimum absolute atomic E-state index is 0.247. The third-order valence-electron chi connectivity index (χ3n) is 7.40. The van der Waals surface area contributed by atoms with Gasteiger partial charge in [-0.3, -0.25) is 4.79 Å². The molecule has 2 aromatic carbocycles. The quantitative estimate of drug-likeness (QED) is 0.237. The fourth-order valence-electron chi connectivity index (χ4n) is 5.32. The second-order valence-electron chi connectivity index (χ2n) is 9.92. The summed E-state index contributed by atoms with van der Waals surface area (Å²) in [4.78, 5) is 32.9. The highest BCUT2D eigenvalue weighted by Crippen LogP contribution is 2.41. The van der Waals surface area contributed by atoms with Gasteiger partial charge in [-0.25, -0.2) is 9.78 Å². The van der Waals surface area contributed by atoms with Crippen LogP contribution in [0.1, 0.15) is 76.8 Å². The average Bonchev–Trinajstić information content (AvgIpc) is 3.30. The van der Waals surface area contributed by atoms with E-state index in [1.54, 1.807) is 0 Å². The Labute approximate surface area is 228 Å². The number of hydrogen-bond donors (Lipinski definition) is 1. The lowest BCUT2D eigenvalue weighted by atomic mass is 9.85. The zero-order chi connectivity index (χ0) is 26.6. The lowest BCUT2D eigenvalue weighted by molar-refractivity contribution is 0.0526. The van der Waals surface area contributed by atoms with E-state index < -0.39 is 0 Å². The molecule has 5 nitrogen and oxygen atoms in total. The van der Waals surface area contributed by atoms with Crippen LogP contribution in [0.25, 0.3) is 22.2 Å². The number of aromatic nitrogens is 1. The molecule has 0 saturated heterocycles. The van der Waals surface area contributed by atoms with Crippen molar-refractivity contribution in [1.29, 1.82) is 0 Å². The number of benzene rings is 2. The number of aryl methyl sites for hydroxylation is 1. The number of thiophene rings is 1. The van der Waals surface area contributed by atoms with Gasteiger partial charge in [0.2, 0.25) is 0 Å². The molecule has 2 heterocycles. The van der Waals surface area contributed by atoms with Gasteiger partial charge >= 0.3 is 5.97 Å². The van der Waals surface area contributed by atoms with Crippen LogP contribution in [0, 0.1) is 5.92 Å². The molecule has 0 spiro atoms. The van der Waals surface area contributed by atoms with Gasteiger partial charge in [-0.15, -0.1) is 11.3 Å². The molecule has 1 atom stereocenters. The van der Waals surface area contributed by atoms with E-state index >= 15 is 0 Å². The Kier molecular flexibility index (Phi) is 7.89. The Hall–Kier alpha value is -3.51. The molecule has 0 aliphatic heterocycles. The molecule has 196 valence electrons. The SMILES string of the molecule is CCCc1ccc(-c2cc(C(=O)Nc3sc4c(c3C(=O)OCC)CC[C@@H](CC)C4)c3ccccc3n2)cc1. The van der Waals surface area contributed by atoms with Crippen molar-refractivity contribution in [3.63, 3.8) is 0 Å². The molecule has 1 aliphatic carbocycles. The smallest absolute Gasteiger partial charge is 0.341 e. The number of esters is 1. The molecule has 0 saturated carbocycles. The summed E-state index contributed by atoms with van der Waals surface area (Å²) >= 11 is 1.52. The normalized spacial score (nSPS) is 14.8. The largest absolute Gasteiger partial charge is 0.462 e. The van der Waals surface area contributed by atoms with Crippen LogP contribution in [-0.4, -0.2) is 23.5 Å². The Morgan fingerprint density at radius 1 is 1.08 bits per heavy atom. The molecule has 2 aromatic heterocycles. The van der Waals surface area contributed by atoms with Crippen molar-refractivity contribution < 1.29 is 14.3 Å². The van der Waals surface area contributed by atoms with Gasteiger partial charge in [0, 0.05) is 15.8 Å². The van der Waals surface area contributed by atoms with Crippen LogP contribution in [0.5, 0.6) is 0 Å². The number of carbonyl (C=O) groups excluding carboxylic acids is 2. The van der Waals surface area contributed by atoms with E-state index in [4.69, 9.17) is 9.72 Å². The lowest BCUT2D eigenvalue weighted by Gasteiger charge is -2.20. The number of carbonyl (C=O) groups is 2. The van der Waals surface area contributed by atoms with Gasteiger partial charge < -0.3 is 10.1 Å². The van der Waals surface area contributed by atoms with Crippen molar-refractivity contribution in [3.05, 3.63) is 81.7 Å². The molecule has 0 fully saturated rings. The maximum atomic E-state index is 13.8. The first-order chi connectivity index (χ1) is 18.5. The summed E-state index contributed by atoms with van der Waals surface area (Å²) in [6, 6.07) is 17.9. The van der Waals surface area contributed by atoms with Crippen molar-refractivity contribution in [2.24, 2.45) is 5.92 Å². The number of pyridine rings is 1. The van der Waals surface area contributed by atoms with Gasteiger partial charge in [0.1, 0.15) is 5.00 Å². The minimum atomic E-state index is -0.359. The van der Waals surface area contributed by atoms with Crippen molar-refractivity contribution in [1.82, 2.24) is 4.98 Å². The van der Waals surface area contributed by atoms with Crippen LogP contribution in [0.2, 0.25) is 0 Å². The second kappa shape index (κ2) is 11.5. The Bertz CT molecular complexity index is 1470. The average molecular weight is 527 g/mol. The highest BCUT2D eigenvalue weighted by Gasteiger charge is 2.30. The maximum Gasteiger partial charge on any atom is 0.341 e.